The van der Waals surface area contributed by atoms with Crippen molar-refractivity contribution in [1.82, 2.24) is 5.32 Å². The molecule has 0 spiro atoms. The van der Waals surface area contributed by atoms with Crippen molar-refractivity contribution in [2.75, 3.05) is 29.9 Å². The molecule has 6 nitrogen and oxygen atoms in total. The number of thiophene rings is 1. The number of nitrogens with one attached hydrogen (secondary N) is 1. The molecule has 0 saturated carbocycles. The van der Waals surface area contributed by atoms with Gasteiger partial charge in [-0.2, -0.15) is 31.6 Å². The average molecular weight is 655 g/mol. The Balaban J connectivity index is 1.88. The Morgan fingerprint density at radius 3 is 2.11 bits per heavy atom. The average Bonchev–Trinajstić information content (AvgIpc) is 3.55. The van der Waals surface area contributed by atoms with Crippen LogP contribution in [0.15, 0.2) is 36.4 Å². The summed E-state index contributed by atoms with van der Waals surface area (Å²) in [7, 11) is 1.29. The second-order valence-corrected chi connectivity index (χ2v) is 12.4. The predicted octanol–water partition coefficient (Wildman–Crippen LogP) is 7.43. The van der Waals surface area contributed by atoms with Crippen molar-refractivity contribution in [2.45, 2.75) is 57.9 Å². The summed E-state index contributed by atoms with van der Waals surface area (Å²) in [5.74, 6) is -1.63. The Hall–Kier alpha value is -4.12. The summed E-state index contributed by atoms with van der Waals surface area (Å²) in [6, 6.07) is 6.87. The van der Waals surface area contributed by atoms with Crippen LogP contribution in [0.1, 0.15) is 55.0 Å². The second-order valence-electron chi connectivity index (χ2n) is 11.4. The van der Waals surface area contributed by atoms with E-state index in [1.165, 1.54) is 46.0 Å². The molecule has 0 radical (unpaired) electrons. The van der Waals surface area contributed by atoms with Crippen LogP contribution in [0.4, 0.5) is 41.4 Å². The second kappa shape index (κ2) is 12.0. The topological polar surface area (TPSA) is 76.4 Å². The lowest BCUT2D eigenvalue weighted by Gasteiger charge is -2.31. The summed E-state index contributed by atoms with van der Waals surface area (Å²) in [5, 5.41) is 13.6. The molecule has 14 heteroatoms. The highest BCUT2D eigenvalue weighted by Gasteiger charge is 2.42. The van der Waals surface area contributed by atoms with Crippen LogP contribution >= 0.6 is 11.3 Å². The summed E-state index contributed by atoms with van der Waals surface area (Å²) >= 11 is 1.14. The molecule has 1 saturated heterocycles. The minimum atomic E-state index is -5.12. The number of halogens is 7. The number of nitrogens with zero attached hydrogens (tertiary/aromatic N) is 3. The number of likely N-dealkylation sites (N-methyl/N-ethyl adjacent to an activating group) is 1. The van der Waals surface area contributed by atoms with Crippen LogP contribution < -0.4 is 15.1 Å². The maximum absolute atomic E-state index is 14.1. The van der Waals surface area contributed by atoms with Crippen molar-refractivity contribution in [1.29, 1.82) is 5.26 Å². The Morgan fingerprint density at radius 2 is 1.60 bits per heavy atom. The molecule has 1 fully saturated rings. The number of hydrogen-bond acceptors (Lipinski definition) is 5. The van der Waals surface area contributed by atoms with Crippen LogP contribution in [0.2, 0.25) is 0 Å². The first-order chi connectivity index (χ1) is 20.7. The fraction of sp³-hybridized carbons (Fsp3) is 0.387. The van der Waals surface area contributed by atoms with Crippen molar-refractivity contribution >= 4 is 33.8 Å². The molecule has 1 aliphatic heterocycles. The fourth-order valence-corrected chi connectivity index (χ4v) is 6.84. The lowest BCUT2D eigenvalue weighted by atomic mass is 9.81. The zero-order valence-electron chi connectivity index (χ0n) is 24.9. The summed E-state index contributed by atoms with van der Waals surface area (Å²) < 4.78 is 96.0. The van der Waals surface area contributed by atoms with Crippen LogP contribution in [0.25, 0.3) is 10.4 Å². The van der Waals surface area contributed by atoms with E-state index in [1.807, 2.05) is 4.90 Å². The molecule has 240 valence electrons. The van der Waals surface area contributed by atoms with E-state index in [9.17, 15) is 45.6 Å². The zero-order chi connectivity index (χ0) is 33.6. The summed E-state index contributed by atoms with van der Waals surface area (Å²) in [4.78, 5) is 29.0. The van der Waals surface area contributed by atoms with Gasteiger partial charge in [-0.05, 0) is 74.2 Å². The van der Waals surface area contributed by atoms with Gasteiger partial charge in [0, 0.05) is 33.1 Å². The van der Waals surface area contributed by atoms with E-state index in [2.05, 4.69) is 11.4 Å². The van der Waals surface area contributed by atoms with E-state index < -0.39 is 46.2 Å². The molecule has 2 aromatic carbocycles. The fourth-order valence-electron chi connectivity index (χ4n) is 5.43. The van der Waals surface area contributed by atoms with Gasteiger partial charge in [-0.15, -0.1) is 11.3 Å². The molecule has 0 aliphatic carbocycles. The maximum Gasteiger partial charge on any atom is 0.416 e. The van der Waals surface area contributed by atoms with E-state index in [4.69, 9.17) is 0 Å². The number of carbonyl (C=O) groups excluding carboxylic acids is 2. The first-order valence-corrected chi connectivity index (χ1v) is 14.5. The SMILES string of the molecule is CC(=O)N[C@@H]1CCN(c2sc(-c3ccc(F)cc3C)c(N(C)C(=O)C(C)(C)c3cc(C(F)(F)F)cc(C(F)(F)F)c3)c2C#N)C1. The highest BCUT2D eigenvalue weighted by molar-refractivity contribution is 7.20. The van der Waals surface area contributed by atoms with Gasteiger partial charge in [-0.25, -0.2) is 4.39 Å². The molecule has 0 bridgehead atoms. The quantitative estimate of drug-likeness (QED) is 0.281. The standard InChI is InChI=1S/C31H29F7N4O2S/c1-16-10-21(32)6-7-23(16)26-25(24(14-39)27(45-26)42-9-8-22(15-42)40-17(2)43)41(5)28(44)29(3,4)18-11-19(30(33,34)35)13-20(12-18)31(36,37)38/h6-7,10-13,22H,8-9,15H2,1-5H3,(H,40,43)/t22-/m1/s1. The molecule has 0 unspecified atom stereocenters. The van der Waals surface area contributed by atoms with Crippen molar-refractivity contribution in [3.8, 4) is 16.5 Å². The minimum Gasteiger partial charge on any atom is -0.360 e. The Morgan fingerprint density at radius 1 is 1.02 bits per heavy atom. The number of aryl methyl sites for hydroxylation is 1. The molecular weight excluding hydrogens is 625 g/mol. The van der Waals surface area contributed by atoms with Gasteiger partial charge >= 0.3 is 12.4 Å². The van der Waals surface area contributed by atoms with Gasteiger partial charge < -0.3 is 15.1 Å². The Kier molecular flexibility index (Phi) is 9.00. The monoisotopic (exact) mass is 654 g/mol. The van der Waals surface area contributed by atoms with Crippen LogP contribution in [0, 0.1) is 24.1 Å². The number of nitriles is 1. The molecule has 45 heavy (non-hydrogen) atoms. The minimum absolute atomic E-state index is 0.00754. The maximum atomic E-state index is 14.1. The molecule has 1 aromatic heterocycles. The van der Waals surface area contributed by atoms with Gasteiger partial charge in [0.2, 0.25) is 11.8 Å². The van der Waals surface area contributed by atoms with E-state index in [-0.39, 0.29) is 29.3 Å². The number of hydrogen-bond donors (Lipinski definition) is 1. The first-order valence-electron chi connectivity index (χ1n) is 13.7. The summed E-state index contributed by atoms with van der Waals surface area (Å²) in [6.45, 7) is 6.23. The Labute approximate surface area is 259 Å². The van der Waals surface area contributed by atoms with Crippen molar-refractivity contribution in [3.05, 3.63) is 70.0 Å². The third-order valence-corrected chi connectivity index (χ3v) is 9.05. The molecule has 1 aliphatic rings. The predicted molar refractivity (Wildman–Crippen MR) is 156 cm³/mol. The number of benzene rings is 2. The van der Waals surface area contributed by atoms with Crippen molar-refractivity contribution < 1.29 is 40.3 Å². The Bertz CT molecular complexity index is 1660. The molecule has 3 aromatic rings. The number of alkyl halides is 6. The molecule has 1 N–H and O–H groups in total. The van der Waals surface area contributed by atoms with Crippen LogP contribution in [-0.4, -0.2) is 38.0 Å². The van der Waals surface area contributed by atoms with Gasteiger partial charge in [-0.3, -0.25) is 9.59 Å². The van der Waals surface area contributed by atoms with Crippen LogP contribution in [0.5, 0.6) is 0 Å². The van der Waals surface area contributed by atoms with E-state index in [0.29, 0.717) is 52.6 Å². The van der Waals surface area contributed by atoms with Gasteiger partial charge in [0.15, 0.2) is 0 Å². The third kappa shape index (κ3) is 6.78. The number of amides is 2. The number of anilines is 2. The molecule has 2 amide bonds. The molecule has 2 heterocycles. The lowest BCUT2D eigenvalue weighted by Crippen LogP contribution is -2.42. The largest absolute Gasteiger partial charge is 0.416 e. The van der Waals surface area contributed by atoms with E-state index in [0.717, 1.165) is 16.2 Å². The van der Waals surface area contributed by atoms with Gasteiger partial charge in [0.05, 0.1) is 27.1 Å². The summed E-state index contributed by atoms with van der Waals surface area (Å²) in [5.41, 5.74) is -4.48. The van der Waals surface area contributed by atoms with Gasteiger partial charge in [0.1, 0.15) is 22.5 Å². The van der Waals surface area contributed by atoms with Crippen LogP contribution in [0.3, 0.4) is 0 Å². The normalized spacial score (nSPS) is 15.6. The van der Waals surface area contributed by atoms with Gasteiger partial charge in [0.25, 0.3) is 0 Å². The number of rotatable bonds is 6. The lowest BCUT2D eigenvalue weighted by molar-refractivity contribution is -0.143. The molecule has 4 rings (SSSR count). The first kappa shape index (κ1) is 33.8. The van der Waals surface area contributed by atoms with E-state index >= 15 is 0 Å². The zero-order valence-corrected chi connectivity index (χ0v) is 25.7. The molecule has 1 atom stereocenters. The highest BCUT2D eigenvalue weighted by Crippen LogP contribution is 2.50. The number of carbonyl (C=O) groups is 2. The van der Waals surface area contributed by atoms with Gasteiger partial charge in [-0.1, -0.05) is 6.07 Å². The van der Waals surface area contributed by atoms with Crippen molar-refractivity contribution in [3.63, 3.8) is 0 Å². The van der Waals surface area contributed by atoms with Crippen LogP contribution in [-0.2, 0) is 27.4 Å². The van der Waals surface area contributed by atoms with Crippen molar-refractivity contribution in [2.24, 2.45) is 0 Å². The molecular formula is C31H29F7N4O2S. The summed E-state index contributed by atoms with van der Waals surface area (Å²) in [6.07, 6.45) is -9.66. The third-order valence-electron chi connectivity index (χ3n) is 7.78. The smallest absolute Gasteiger partial charge is 0.360 e. The highest BCUT2D eigenvalue weighted by atomic mass is 32.1. The van der Waals surface area contributed by atoms with E-state index in [1.54, 1.807) is 6.92 Å².